The van der Waals surface area contributed by atoms with E-state index in [0.29, 0.717) is 0 Å². The Kier molecular flexibility index (Phi) is 7.73. The molecule has 1 N–H and O–H groups in total. The van der Waals surface area contributed by atoms with Crippen molar-refractivity contribution in [1.82, 2.24) is 4.90 Å². The number of rotatable bonds is 5. The molecule has 0 bridgehead atoms. The Hall–Kier alpha value is -0.560. The highest BCUT2D eigenvalue weighted by Crippen LogP contribution is 2.34. The molecule has 0 saturated heterocycles. The van der Waals surface area contributed by atoms with Gasteiger partial charge in [0.1, 0.15) is 0 Å². The molecule has 0 amide bonds. The van der Waals surface area contributed by atoms with Gasteiger partial charge in [0.05, 0.1) is 6.61 Å². The molecule has 0 fully saturated rings. The molecule has 0 spiro atoms. The van der Waals surface area contributed by atoms with Crippen LogP contribution in [0.15, 0.2) is 52.3 Å². The average Bonchev–Trinajstić information content (AvgIpc) is 2.42. The van der Waals surface area contributed by atoms with Crippen LogP contribution in [0.2, 0.25) is 0 Å². The van der Waals surface area contributed by atoms with Crippen LogP contribution in [-0.4, -0.2) is 24.1 Å². The van der Waals surface area contributed by atoms with Gasteiger partial charge < -0.3 is 10.0 Å². The minimum atomic E-state index is 0. The summed E-state index contributed by atoms with van der Waals surface area (Å²) in [7, 11) is 4.15. The molecule has 2 aromatic rings. The molecule has 0 radical (unpaired) electrons. The smallest absolute Gasteiger partial charge is 0.0693 e. The van der Waals surface area contributed by atoms with Gasteiger partial charge in [-0.2, -0.15) is 0 Å². The quantitative estimate of drug-likeness (QED) is 0.721. The van der Waals surface area contributed by atoms with E-state index in [0.717, 1.165) is 20.6 Å². The highest BCUT2D eigenvalue weighted by Gasteiger charge is 2.08. The number of hydrogen-bond acceptors (Lipinski definition) is 3. The number of nitrogens with zero attached hydrogens (tertiary/aromatic N) is 1. The van der Waals surface area contributed by atoms with E-state index in [2.05, 4.69) is 78.0 Å². The van der Waals surface area contributed by atoms with Crippen molar-refractivity contribution in [3.63, 3.8) is 0 Å². The first-order valence-corrected chi connectivity index (χ1v) is 8.29. The molecule has 0 aliphatic heterocycles. The summed E-state index contributed by atoms with van der Waals surface area (Å²) in [5, 5.41) is 9.51. The molecule has 0 atom stereocenters. The van der Waals surface area contributed by atoms with E-state index >= 15 is 0 Å². The van der Waals surface area contributed by atoms with Gasteiger partial charge in [0, 0.05) is 19.9 Å². The molecule has 0 heterocycles. The number of hydrogen-bond donors (Lipinski definition) is 1. The highest BCUT2D eigenvalue weighted by atomic mass is 127. The van der Waals surface area contributed by atoms with Crippen LogP contribution in [0.1, 0.15) is 18.6 Å². The van der Waals surface area contributed by atoms with Gasteiger partial charge in [0.15, 0.2) is 0 Å². The minimum absolute atomic E-state index is 0. The van der Waals surface area contributed by atoms with E-state index < -0.39 is 0 Å². The van der Waals surface area contributed by atoms with E-state index in [1.807, 2.05) is 6.07 Å². The second-order valence-electron chi connectivity index (χ2n) is 4.86. The summed E-state index contributed by atoms with van der Waals surface area (Å²) >= 11 is 4.00. The van der Waals surface area contributed by atoms with Crippen LogP contribution in [0.25, 0.3) is 0 Å². The first-order chi connectivity index (χ1) is 9.60. The summed E-state index contributed by atoms with van der Waals surface area (Å²) in [4.78, 5) is 4.54. The van der Waals surface area contributed by atoms with Crippen LogP contribution in [0.4, 0.5) is 0 Å². The van der Waals surface area contributed by atoms with Gasteiger partial charge in [0.25, 0.3) is 0 Å². The minimum Gasteiger partial charge on any atom is -0.392 e. The summed E-state index contributed by atoms with van der Waals surface area (Å²) in [6.07, 6.45) is 0. The first kappa shape index (κ1) is 18.5. The van der Waals surface area contributed by atoms with Crippen molar-refractivity contribution in [2.75, 3.05) is 14.1 Å². The summed E-state index contributed by atoms with van der Waals surface area (Å²) in [6, 6.07) is 14.6. The molecule has 0 unspecified atom stereocenters. The standard InChI is InChI=1S/C16H18INOS.CH4/c1-18(2)10-12-5-3-4-6-15(12)20-16-8-7-14(17)9-13(16)11-19;/h3-9,19H,10-11H2,1-2H3;1H4. The number of aliphatic hydroxyl groups excluding tert-OH is 1. The molecular formula is C17H22INOS. The highest BCUT2D eigenvalue weighted by molar-refractivity contribution is 14.1. The summed E-state index contributed by atoms with van der Waals surface area (Å²) < 4.78 is 1.15. The Morgan fingerprint density at radius 3 is 2.38 bits per heavy atom. The molecule has 0 aliphatic rings. The Balaban J connectivity index is 0.00000220. The van der Waals surface area contributed by atoms with Gasteiger partial charge in [-0.1, -0.05) is 37.4 Å². The van der Waals surface area contributed by atoms with E-state index in [1.165, 1.54) is 10.5 Å². The van der Waals surface area contributed by atoms with Crippen molar-refractivity contribution >= 4 is 34.4 Å². The Bertz CT molecular complexity index is 587. The predicted octanol–water partition coefficient (Wildman–Crippen LogP) is 4.63. The van der Waals surface area contributed by atoms with Crippen LogP contribution in [-0.2, 0) is 13.2 Å². The van der Waals surface area contributed by atoms with Crippen molar-refractivity contribution in [2.24, 2.45) is 0 Å². The molecular weight excluding hydrogens is 393 g/mol. The molecule has 2 nitrogen and oxygen atoms in total. The van der Waals surface area contributed by atoms with Gasteiger partial charge in [-0.15, -0.1) is 0 Å². The number of halogens is 1. The lowest BCUT2D eigenvalue weighted by Gasteiger charge is -2.15. The van der Waals surface area contributed by atoms with Crippen LogP contribution < -0.4 is 0 Å². The second-order valence-corrected chi connectivity index (χ2v) is 7.19. The van der Waals surface area contributed by atoms with Crippen molar-refractivity contribution in [1.29, 1.82) is 0 Å². The van der Waals surface area contributed by atoms with Crippen LogP contribution in [0.3, 0.4) is 0 Å². The first-order valence-electron chi connectivity index (χ1n) is 6.40. The zero-order chi connectivity index (χ0) is 14.5. The SMILES string of the molecule is C.CN(C)Cc1ccccc1Sc1ccc(I)cc1CO. The molecule has 0 aromatic heterocycles. The predicted molar refractivity (Wildman–Crippen MR) is 99.8 cm³/mol. The fourth-order valence-corrected chi connectivity index (χ4v) is 3.56. The molecule has 21 heavy (non-hydrogen) atoms. The average molecular weight is 415 g/mol. The van der Waals surface area contributed by atoms with E-state index in [-0.39, 0.29) is 14.0 Å². The Morgan fingerprint density at radius 2 is 1.71 bits per heavy atom. The molecule has 2 aromatic carbocycles. The monoisotopic (exact) mass is 415 g/mol. The fourth-order valence-electron chi connectivity index (χ4n) is 1.96. The third-order valence-electron chi connectivity index (χ3n) is 2.87. The Morgan fingerprint density at radius 1 is 1.05 bits per heavy atom. The van der Waals surface area contributed by atoms with Gasteiger partial charge in [-0.25, -0.2) is 0 Å². The second kappa shape index (κ2) is 8.78. The van der Waals surface area contributed by atoms with Crippen molar-refractivity contribution in [3.8, 4) is 0 Å². The number of benzene rings is 2. The maximum atomic E-state index is 9.51. The normalized spacial score (nSPS) is 10.5. The number of aliphatic hydroxyl groups is 1. The maximum Gasteiger partial charge on any atom is 0.0693 e. The van der Waals surface area contributed by atoms with Crippen LogP contribution >= 0.6 is 34.4 Å². The van der Waals surface area contributed by atoms with Gasteiger partial charge in [0.2, 0.25) is 0 Å². The van der Waals surface area contributed by atoms with Crippen LogP contribution in [0, 0.1) is 3.57 Å². The van der Waals surface area contributed by atoms with Gasteiger partial charge >= 0.3 is 0 Å². The van der Waals surface area contributed by atoms with E-state index in [9.17, 15) is 5.11 Å². The molecule has 4 heteroatoms. The molecule has 114 valence electrons. The largest absolute Gasteiger partial charge is 0.392 e. The summed E-state index contributed by atoms with van der Waals surface area (Å²) in [6.45, 7) is 0.997. The Labute approximate surface area is 145 Å². The summed E-state index contributed by atoms with van der Waals surface area (Å²) in [5.74, 6) is 0. The van der Waals surface area contributed by atoms with Crippen molar-refractivity contribution < 1.29 is 5.11 Å². The van der Waals surface area contributed by atoms with Crippen molar-refractivity contribution in [2.45, 2.75) is 30.4 Å². The third kappa shape index (κ3) is 5.29. The van der Waals surface area contributed by atoms with Gasteiger partial charge in [-0.3, -0.25) is 0 Å². The fraction of sp³-hybridized carbons (Fsp3) is 0.294. The zero-order valence-electron chi connectivity index (χ0n) is 11.6. The maximum absolute atomic E-state index is 9.51. The lowest BCUT2D eigenvalue weighted by molar-refractivity contribution is 0.279. The van der Waals surface area contributed by atoms with E-state index in [1.54, 1.807) is 11.8 Å². The zero-order valence-corrected chi connectivity index (χ0v) is 14.6. The third-order valence-corrected chi connectivity index (χ3v) is 4.78. The van der Waals surface area contributed by atoms with Gasteiger partial charge in [-0.05, 0) is 72.1 Å². The molecule has 2 rings (SSSR count). The van der Waals surface area contributed by atoms with Crippen molar-refractivity contribution in [3.05, 3.63) is 57.2 Å². The van der Waals surface area contributed by atoms with E-state index in [4.69, 9.17) is 0 Å². The topological polar surface area (TPSA) is 23.5 Å². The molecule has 0 saturated carbocycles. The lowest BCUT2D eigenvalue weighted by Crippen LogP contribution is -2.11. The lowest BCUT2D eigenvalue weighted by atomic mass is 10.2. The van der Waals surface area contributed by atoms with Crippen LogP contribution in [0.5, 0.6) is 0 Å². The molecule has 0 aliphatic carbocycles. The summed E-state index contributed by atoms with van der Waals surface area (Å²) in [5.41, 5.74) is 2.30.